The van der Waals surface area contributed by atoms with Gasteiger partial charge >= 0.3 is 11.9 Å². The Morgan fingerprint density at radius 2 is 1.92 bits per heavy atom. The molecule has 26 heavy (non-hydrogen) atoms. The zero-order chi connectivity index (χ0) is 19.5. The maximum absolute atomic E-state index is 12.9. The highest BCUT2D eigenvalue weighted by Crippen LogP contribution is 2.22. The molecule has 1 aromatic heterocycles. The van der Waals surface area contributed by atoms with Gasteiger partial charge in [0.1, 0.15) is 12.7 Å². The summed E-state index contributed by atoms with van der Waals surface area (Å²) in [6, 6.07) is 7.15. The van der Waals surface area contributed by atoms with Crippen molar-refractivity contribution in [3.63, 3.8) is 0 Å². The second kappa shape index (κ2) is 7.54. The number of nitro groups is 1. The van der Waals surface area contributed by atoms with E-state index in [1.165, 1.54) is 7.05 Å². The van der Waals surface area contributed by atoms with Crippen molar-refractivity contribution in [2.75, 3.05) is 13.1 Å². The number of nitrogens with zero attached hydrogens (tertiary/aromatic N) is 4. The lowest BCUT2D eigenvalue weighted by atomic mass is 10.1. The van der Waals surface area contributed by atoms with Crippen molar-refractivity contribution in [3.8, 4) is 0 Å². The average Bonchev–Trinajstić information content (AvgIpc) is 2.93. The summed E-state index contributed by atoms with van der Waals surface area (Å²) >= 11 is 0. The summed E-state index contributed by atoms with van der Waals surface area (Å²) in [5.74, 6) is -1.12. The van der Waals surface area contributed by atoms with Crippen LogP contribution in [0.25, 0.3) is 0 Å². The molecule has 0 N–H and O–H groups in total. The van der Waals surface area contributed by atoms with Gasteiger partial charge in [0.25, 0.3) is 5.91 Å². The minimum Gasteiger partial charge on any atom is -0.328 e. The number of carbonyl (C=O) groups is 1. The molecule has 0 aliphatic heterocycles. The molecule has 0 spiro atoms. The normalized spacial score (nSPS) is 11.4. The Hall–Kier alpha value is -2.91. The lowest BCUT2D eigenvalue weighted by molar-refractivity contribution is -0.385. The monoisotopic (exact) mass is 370 g/mol. The molecule has 0 bridgehead atoms. The summed E-state index contributed by atoms with van der Waals surface area (Å²) in [7, 11) is 1.35. The van der Waals surface area contributed by atoms with Crippen LogP contribution >= 0.6 is 0 Å². The van der Waals surface area contributed by atoms with Gasteiger partial charge in [0.05, 0.1) is 4.92 Å². The first-order valence-electron chi connectivity index (χ1n) is 7.66. The van der Waals surface area contributed by atoms with Crippen molar-refractivity contribution in [3.05, 3.63) is 57.4 Å². The fraction of sp³-hybridized carbons (Fsp3) is 0.375. The molecule has 0 aliphatic rings. The molecule has 1 aromatic carbocycles. The van der Waals surface area contributed by atoms with Gasteiger partial charge in [-0.2, -0.15) is 18.3 Å². The number of aromatic nitrogens is 2. The van der Waals surface area contributed by atoms with E-state index in [0.717, 1.165) is 22.0 Å². The fourth-order valence-corrected chi connectivity index (χ4v) is 2.40. The SMILES string of the molecule is Cc1ccc(CCN(CC(F)(F)F)C(=O)c2nn(C)cc2[N+](=O)[O-])cc1. The first-order valence-corrected chi connectivity index (χ1v) is 7.66. The molecule has 0 saturated carbocycles. The van der Waals surface area contributed by atoms with E-state index < -0.39 is 34.9 Å². The molecule has 1 heterocycles. The van der Waals surface area contributed by atoms with Crippen LogP contribution in [0.5, 0.6) is 0 Å². The van der Waals surface area contributed by atoms with Gasteiger partial charge < -0.3 is 4.90 Å². The van der Waals surface area contributed by atoms with Gasteiger partial charge in [0.15, 0.2) is 0 Å². The third kappa shape index (κ3) is 5.04. The highest BCUT2D eigenvalue weighted by atomic mass is 19.4. The van der Waals surface area contributed by atoms with E-state index in [4.69, 9.17) is 0 Å². The van der Waals surface area contributed by atoms with E-state index in [2.05, 4.69) is 5.10 Å². The standard InChI is InChI=1S/C16H17F3N4O3/c1-11-3-5-12(6-4-11)7-8-22(10-16(17,18)19)15(24)14-13(23(25)26)9-21(2)20-14/h3-6,9H,7-8,10H2,1-2H3. The van der Waals surface area contributed by atoms with E-state index in [1.807, 2.05) is 19.1 Å². The van der Waals surface area contributed by atoms with Crippen LogP contribution in [0.2, 0.25) is 0 Å². The number of halogens is 3. The van der Waals surface area contributed by atoms with E-state index >= 15 is 0 Å². The summed E-state index contributed by atoms with van der Waals surface area (Å²) in [5.41, 5.74) is 0.526. The van der Waals surface area contributed by atoms with Crippen LogP contribution in [0.3, 0.4) is 0 Å². The summed E-state index contributed by atoms with van der Waals surface area (Å²) < 4.78 is 39.6. The molecule has 0 radical (unpaired) electrons. The van der Waals surface area contributed by atoms with Gasteiger partial charge in [-0.25, -0.2) is 0 Å². The predicted molar refractivity (Wildman–Crippen MR) is 86.7 cm³/mol. The van der Waals surface area contributed by atoms with Crippen molar-refractivity contribution >= 4 is 11.6 Å². The third-order valence-corrected chi connectivity index (χ3v) is 3.66. The van der Waals surface area contributed by atoms with Crippen molar-refractivity contribution in [2.24, 2.45) is 7.05 Å². The van der Waals surface area contributed by atoms with Crippen molar-refractivity contribution in [1.29, 1.82) is 0 Å². The summed E-state index contributed by atoms with van der Waals surface area (Å²) in [6.45, 7) is 0.129. The zero-order valence-electron chi connectivity index (χ0n) is 14.2. The van der Waals surface area contributed by atoms with E-state index in [9.17, 15) is 28.1 Å². The van der Waals surface area contributed by atoms with Crippen LogP contribution in [0.4, 0.5) is 18.9 Å². The maximum Gasteiger partial charge on any atom is 0.406 e. The van der Waals surface area contributed by atoms with E-state index in [0.29, 0.717) is 4.90 Å². The Balaban J connectivity index is 2.24. The lowest BCUT2D eigenvalue weighted by Gasteiger charge is -2.23. The molecule has 0 saturated heterocycles. The number of carbonyl (C=O) groups excluding carboxylic acids is 1. The third-order valence-electron chi connectivity index (χ3n) is 3.66. The van der Waals surface area contributed by atoms with Gasteiger partial charge in [-0.3, -0.25) is 19.6 Å². The summed E-state index contributed by atoms with van der Waals surface area (Å²) in [6.07, 6.45) is -3.46. The first kappa shape index (κ1) is 19.4. The molecule has 0 aliphatic carbocycles. The number of aryl methyl sites for hydroxylation is 2. The fourth-order valence-electron chi connectivity index (χ4n) is 2.40. The highest BCUT2D eigenvalue weighted by molar-refractivity contribution is 5.96. The molecule has 0 fully saturated rings. The van der Waals surface area contributed by atoms with Crippen molar-refractivity contribution < 1.29 is 22.9 Å². The number of benzene rings is 1. The predicted octanol–water partition coefficient (Wildman–Crippen LogP) is 2.88. The number of rotatable bonds is 6. The van der Waals surface area contributed by atoms with Gasteiger partial charge in [-0.05, 0) is 18.9 Å². The minimum atomic E-state index is -4.63. The minimum absolute atomic E-state index is 0.183. The van der Waals surface area contributed by atoms with Gasteiger partial charge in [-0.1, -0.05) is 29.8 Å². The Labute approximate surface area is 147 Å². The molecule has 2 aromatic rings. The van der Waals surface area contributed by atoms with Crippen LogP contribution in [0.1, 0.15) is 21.6 Å². The van der Waals surface area contributed by atoms with Crippen LogP contribution in [0.15, 0.2) is 30.5 Å². The zero-order valence-corrected chi connectivity index (χ0v) is 14.2. The van der Waals surface area contributed by atoms with Gasteiger partial charge in [-0.15, -0.1) is 0 Å². The number of hydrogen-bond acceptors (Lipinski definition) is 4. The topological polar surface area (TPSA) is 81.3 Å². The van der Waals surface area contributed by atoms with Crippen LogP contribution in [0, 0.1) is 17.0 Å². The van der Waals surface area contributed by atoms with Crippen LogP contribution in [-0.4, -0.2) is 44.8 Å². The van der Waals surface area contributed by atoms with Crippen LogP contribution < -0.4 is 0 Å². The Kier molecular flexibility index (Phi) is 5.63. The second-order valence-electron chi connectivity index (χ2n) is 5.87. The maximum atomic E-state index is 12.9. The first-order chi connectivity index (χ1) is 12.1. The van der Waals surface area contributed by atoms with Crippen molar-refractivity contribution in [2.45, 2.75) is 19.5 Å². The lowest BCUT2D eigenvalue weighted by Crippen LogP contribution is -2.40. The molecule has 1 amide bonds. The molecule has 0 atom stereocenters. The Bertz CT molecular complexity index is 800. The second-order valence-corrected chi connectivity index (χ2v) is 5.87. The quantitative estimate of drug-likeness (QED) is 0.578. The molecule has 2 rings (SSSR count). The summed E-state index contributed by atoms with van der Waals surface area (Å²) in [5, 5.41) is 14.7. The van der Waals surface area contributed by atoms with Crippen molar-refractivity contribution in [1.82, 2.24) is 14.7 Å². The molecule has 7 nitrogen and oxygen atoms in total. The van der Waals surface area contributed by atoms with Crippen LogP contribution in [-0.2, 0) is 13.5 Å². The molecular formula is C16H17F3N4O3. The Morgan fingerprint density at radius 1 is 1.31 bits per heavy atom. The van der Waals surface area contributed by atoms with E-state index in [-0.39, 0.29) is 13.0 Å². The summed E-state index contributed by atoms with van der Waals surface area (Å²) in [4.78, 5) is 23.2. The largest absolute Gasteiger partial charge is 0.406 e. The highest BCUT2D eigenvalue weighted by Gasteiger charge is 2.36. The molecular weight excluding hydrogens is 353 g/mol. The average molecular weight is 370 g/mol. The Morgan fingerprint density at radius 3 is 2.46 bits per heavy atom. The molecule has 0 unspecified atom stereocenters. The number of hydrogen-bond donors (Lipinski definition) is 0. The number of amides is 1. The molecule has 10 heteroatoms. The van der Waals surface area contributed by atoms with E-state index in [1.54, 1.807) is 12.1 Å². The van der Waals surface area contributed by atoms with Gasteiger partial charge in [0, 0.05) is 13.6 Å². The smallest absolute Gasteiger partial charge is 0.328 e. The number of alkyl halides is 3. The molecule has 140 valence electrons. The van der Waals surface area contributed by atoms with Gasteiger partial charge in [0.2, 0.25) is 5.69 Å².